The van der Waals surface area contributed by atoms with E-state index in [0.717, 1.165) is 33.9 Å². The van der Waals surface area contributed by atoms with E-state index < -0.39 is 5.41 Å². The van der Waals surface area contributed by atoms with Gasteiger partial charge in [-0.05, 0) is 97.1 Å². The molecule has 0 amide bonds. The summed E-state index contributed by atoms with van der Waals surface area (Å²) in [5.41, 5.74) is 20.2. The Balaban J connectivity index is 0.968. The van der Waals surface area contributed by atoms with Gasteiger partial charge >= 0.3 is 0 Å². The van der Waals surface area contributed by atoms with E-state index in [1.165, 1.54) is 76.6 Å². The van der Waals surface area contributed by atoms with Crippen molar-refractivity contribution >= 4 is 11.8 Å². The number of aromatic nitrogens is 2. The van der Waals surface area contributed by atoms with Crippen molar-refractivity contribution in [3.63, 3.8) is 0 Å². The molecule has 1 aromatic heterocycles. The molecule has 0 saturated heterocycles. The molecule has 2 aliphatic carbocycles. The van der Waals surface area contributed by atoms with E-state index in [-0.39, 0.29) is 5.41 Å². The zero-order valence-corrected chi connectivity index (χ0v) is 33.6. The highest BCUT2D eigenvalue weighted by Gasteiger charge is 2.50. The Morgan fingerprint density at radius 3 is 1.54 bits per heavy atom. The molecule has 9 aromatic rings. The van der Waals surface area contributed by atoms with Gasteiger partial charge in [0.25, 0.3) is 0 Å². The largest absolute Gasteiger partial charge is 0.228 e. The third-order valence-corrected chi connectivity index (χ3v) is 14.2. The fourth-order valence-electron chi connectivity index (χ4n) is 10.2. The molecule has 0 fully saturated rings. The van der Waals surface area contributed by atoms with E-state index in [9.17, 15) is 0 Å². The molecule has 1 spiro atoms. The quantitative estimate of drug-likeness (QED) is 0.178. The van der Waals surface area contributed by atoms with Crippen molar-refractivity contribution in [1.29, 1.82) is 0 Å². The Bertz CT molecular complexity index is 3120. The third-order valence-electron chi connectivity index (χ3n) is 13.0. The van der Waals surface area contributed by atoms with Crippen LogP contribution in [-0.4, -0.2) is 9.97 Å². The lowest BCUT2D eigenvalue weighted by Crippen LogP contribution is -2.32. The molecule has 59 heavy (non-hydrogen) atoms. The van der Waals surface area contributed by atoms with Crippen LogP contribution in [0.4, 0.5) is 0 Å². The van der Waals surface area contributed by atoms with Crippen LogP contribution in [0.5, 0.6) is 0 Å². The van der Waals surface area contributed by atoms with Crippen molar-refractivity contribution in [3.8, 4) is 67.3 Å². The summed E-state index contributed by atoms with van der Waals surface area (Å²) in [7, 11) is 0. The first kappa shape index (κ1) is 34.3. The number of hydrogen-bond acceptors (Lipinski definition) is 3. The van der Waals surface area contributed by atoms with Crippen LogP contribution in [0, 0.1) is 0 Å². The van der Waals surface area contributed by atoms with Crippen molar-refractivity contribution < 1.29 is 0 Å². The van der Waals surface area contributed by atoms with Crippen LogP contribution in [-0.2, 0) is 10.8 Å². The summed E-state index contributed by atoms with van der Waals surface area (Å²) in [5.74, 6) is 0.722. The van der Waals surface area contributed by atoms with Crippen LogP contribution < -0.4 is 0 Å². The highest BCUT2D eigenvalue weighted by molar-refractivity contribution is 7.99. The van der Waals surface area contributed by atoms with Crippen LogP contribution in [0.3, 0.4) is 0 Å². The molecule has 12 rings (SSSR count). The Labute approximate surface area is 349 Å². The highest BCUT2D eigenvalue weighted by Crippen LogP contribution is 2.62. The van der Waals surface area contributed by atoms with E-state index in [2.05, 4.69) is 202 Å². The van der Waals surface area contributed by atoms with Crippen LogP contribution in [0.25, 0.3) is 67.3 Å². The van der Waals surface area contributed by atoms with Crippen LogP contribution in [0.2, 0.25) is 0 Å². The lowest BCUT2D eigenvalue weighted by Gasteiger charge is -2.40. The second-order valence-electron chi connectivity index (χ2n) is 16.5. The first-order valence-corrected chi connectivity index (χ1v) is 21.2. The summed E-state index contributed by atoms with van der Waals surface area (Å²) in [5, 5.41) is 0. The first-order chi connectivity index (χ1) is 29.0. The lowest BCUT2D eigenvalue weighted by atomic mass is 9.67. The minimum Gasteiger partial charge on any atom is -0.228 e. The molecule has 0 atom stereocenters. The molecule has 3 heteroatoms. The van der Waals surface area contributed by atoms with Gasteiger partial charge in [0.2, 0.25) is 0 Å². The van der Waals surface area contributed by atoms with Gasteiger partial charge in [-0.1, -0.05) is 189 Å². The van der Waals surface area contributed by atoms with E-state index in [0.29, 0.717) is 0 Å². The average molecular weight is 771 g/mol. The van der Waals surface area contributed by atoms with Gasteiger partial charge in [-0.2, -0.15) is 0 Å². The molecular weight excluding hydrogens is 733 g/mol. The standard InChI is InChI=1S/C56H38N2S/c1-55(2)44-19-9-6-16-40(44)43-30-28-39(33-48(43)55)51-34-50(57-54(58-51)37-14-4-3-5-15-37)36-26-24-35(25-27-36)38-29-31-53-49(32-38)56(47-22-12-13-23-52(47)59-53)45-20-10-7-17-41(45)42-18-8-11-21-46(42)56/h3-34H,1-2H3. The molecule has 3 aliphatic rings. The monoisotopic (exact) mass is 770 g/mol. The summed E-state index contributed by atoms with van der Waals surface area (Å²) in [6.45, 7) is 4.66. The zero-order chi connectivity index (χ0) is 39.3. The molecule has 1 aliphatic heterocycles. The maximum atomic E-state index is 5.20. The van der Waals surface area contributed by atoms with Crippen LogP contribution in [0.15, 0.2) is 204 Å². The van der Waals surface area contributed by atoms with Gasteiger partial charge in [-0.25, -0.2) is 9.97 Å². The smallest absolute Gasteiger partial charge is 0.160 e. The molecule has 278 valence electrons. The van der Waals surface area contributed by atoms with Crippen molar-refractivity contribution in [3.05, 3.63) is 228 Å². The Morgan fingerprint density at radius 1 is 0.339 bits per heavy atom. The van der Waals surface area contributed by atoms with Crippen molar-refractivity contribution in [2.75, 3.05) is 0 Å². The Kier molecular flexibility index (Phi) is 7.46. The topological polar surface area (TPSA) is 25.8 Å². The van der Waals surface area contributed by atoms with Gasteiger partial charge in [0.05, 0.1) is 16.8 Å². The molecule has 0 saturated carbocycles. The number of fused-ring (bicyclic) bond motifs is 12. The van der Waals surface area contributed by atoms with E-state index in [1.54, 1.807) is 0 Å². The fourth-order valence-corrected chi connectivity index (χ4v) is 11.4. The number of hydrogen-bond donors (Lipinski definition) is 0. The predicted octanol–water partition coefficient (Wildman–Crippen LogP) is 14.3. The Morgan fingerprint density at radius 2 is 0.831 bits per heavy atom. The summed E-state index contributed by atoms with van der Waals surface area (Å²) >= 11 is 1.88. The summed E-state index contributed by atoms with van der Waals surface area (Å²) in [6, 6.07) is 71.2. The zero-order valence-electron chi connectivity index (χ0n) is 32.8. The van der Waals surface area contributed by atoms with Gasteiger partial charge in [0, 0.05) is 31.9 Å². The second kappa shape index (κ2) is 12.8. The molecule has 2 heterocycles. The van der Waals surface area contributed by atoms with E-state index >= 15 is 0 Å². The van der Waals surface area contributed by atoms with Gasteiger partial charge in [0.1, 0.15) is 0 Å². The third kappa shape index (κ3) is 5.01. The molecule has 0 radical (unpaired) electrons. The SMILES string of the molecule is CC1(C)c2ccccc2-c2ccc(-c3cc(-c4ccc(-c5ccc6c(c5)C5(c7ccccc7S6)c6ccccc6-c6ccccc65)cc4)nc(-c4ccccc4)n3)cc21. The Hall–Kier alpha value is -6.81. The number of benzene rings is 8. The first-order valence-electron chi connectivity index (χ1n) is 20.4. The number of rotatable bonds is 4. The van der Waals surface area contributed by atoms with Gasteiger partial charge in [-0.15, -0.1) is 0 Å². The van der Waals surface area contributed by atoms with Crippen molar-refractivity contribution in [2.45, 2.75) is 34.5 Å². The molecule has 0 bridgehead atoms. The second-order valence-corrected chi connectivity index (χ2v) is 17.6. The van der Waals surface area contributed by atoms with Gasteiger partial charge in [-0.3, -0.25) is 0 Å². The maximum absolute atomic E-state index is 5.20. The van der Waals surface area contributed by atoms with Crippen molar-refractivity contribution in [2.24, 2.45) is 0 Å². The summed E-state index contributed by atoms with van der Waals surface area (Å²) in [4.78, 5) is 13.0. The van der Waals surface area contributed by atoms with Crippen LogP contribution >= 0.6 is 11.8 Å². The van der Waals surface area contributed by atoms with E-state index in [1.807, 2.05) is 17.8 Å². The molecule has 0 unspecified atom stereocenters. The molecular formula is C56H38N2S. The normalized spacial score (nSPS) is 14.5. The highest BCUT2D eigenvalue weighted by atomic mass is 32.2. The molecule has 2 nitrogen and oxygen atoms in total. The van der Waals surface area contributed by atoms with Gasteiger partial charge < -0.3 is 0 Å². The van der Waals surface area contributed by atoms with Gasteiger partial charge in [0.15, 0.2) is 5.82 Å². The maximum Gasteiger partial charge on any atom is 0.160 e. The average Bonchev–Trinajstić information content (AvgIpc) is 3.72. The molecule has 8 aromatic carbocycles. The fraction of sp³-hybridized carbons (Fsp3) is 0.0714. The summed E-state index contributed by atoms with van der Waals surface area (Å²) < 4.78 is 0. The molecule has 0 N–H and O–H groups in total. The predicted molar refractivity (Wildman–Crippen MR) is 243 cm³/mol. The summed E-state index contributed by atoms with van der Waals surface area (Å²) in [6.07, 6.45) is 0. The van der Waals surface area contributed by atoms with E-state index in [4.69, 9.17) is 9.97 Å². The lowest BCUT2D eigenvalue weighted by molar-refractivity contribution is 0.660. The van der Waals surface area contributed by atoms with Crippen molar-refractivity contribution in [1.82, 2.24) is 9.97 Å². The van der Waals surface area contributed by atoms with Crippen LogP contribution in [0.1, 0.15) is 47.2 Å². The minimum atomic E-state index is -0.402. The minimum absolute atomic E-state index is 0.0984. The number of nitrogens with zero attached hydrogens (tertiary/aromatic N) is 2.